The fourth-order valence-corrected chi connectivity index (χ4v) is 2.10. The first-order chi connectivity index (χ1) is 9.29. The lowest BCUT2D eigenvalue weighted by molar-refractivity contribution is -0.141. The van der Waals surface area contributed by atoms with E-state index in [0.29, 0.717) is 10.6 Å². The first-order valence-electron chi connectivity index (χ1n) is 5.46. The number of hydrogen-bond acceptors (Lipinski definition) is 5. The van der Waals surface area contributed by atoms with Crippen LogP contribution in [-0.4, -0.2) is 25.3 Å². The average Bonchev–Trinajstić information content (AvgIpc) is 2.92. The van der Waals surface area contributed by atoms with Crippen LogP contribution in [0.1, 0.15) is 26.6 Å². The monoisotopic (exact) mass is 305 g/mol. The van der Waals surface area contributed by atoms with Crippen molar-refractivity contribution in [3.8, 4) is 0 Å². The van der Waals surface area contributed by atoms with Crippen molar-refractivity contribution in [2.45, 2.75) is 19.6 Å². The molecule has 0 spiro atoms. The van der Waals surface area contributed by atoms with Gasteiger partial charge in [0.1, 0.15) is 0 Å². The maximum absolute atomic E-state index is 12.7. The molecule has 0 aliphatic heterocycles. The number of nitrogens with one attached hydrogen (secondary N) is 1. The highest BCUT2D eigenvalue weighted by molar-refractivity contribution is 7.05. The summed E-state index contributed by atoms with van der Waals surface area (Å²) in [5, 5.41) is 9.43. The van der Waals surface area contributed by atoms with Gasteiger partial charge >= 0.3 is 6.18 Å². The van der Waals surface area contributed by atoms with Crippen molar-refractivity contribution < 1.29 is 18.0 Å². The smallest absolute Gasteiger partial charge is 0.347 e. The van der Waals surface area contributed by atoms with Gasteiger partial charge in [-0.3, -0.25) is 9.48 Å². The van der Waals surface area contributed by atoms with E-state index in [-0.39, 0.29) is 6.54 Å². The van der Waals surface area contributed by atoms with Crippen molar-refractivity contribution in [2.24, 2.45) is 7.05 Å². The van der Waals surface area contributed by atoms with Gasteiger partial charge in [-0.05, 0) is 18.5 Å². The molecule has 0 aliphatic rings. The summed E-state index contributed by atoms with van der Waals surface area (Å²) < 4.78 is 42.8. The Morgan fingerprint density at radius 2 is 2.20 bits per heavy atom. The number of alkyl halides is 3. The van der Waals surface area contributed by atoms with Crippen LogP contribution in [0.25, 0.3) is 0 Å². The van der Waals surface area contributed by atoms with Crippen LogP contribution in [0.2, 0.25) is 0 Å². The summed E-state index contributed by atoms with van der Waals surface area (Å²) in [6.45, 7) is 1.78. The topological polar surface area (TPSA) is 72.7 Å². The number of nitrogens with zero attached hydrogens (tertiary/aromatic N) is 4. The Hall–Kier alpha value is -1.97. The summed E-state index contributed by atoms with van der Waals surface area (Å²) in [4.78, 5) is 12.5. The molecule has 0 bridgehead atoms. The van der Waals surface area contributed by atoms with E-state index in [1.54, 1.807) is 6.92 Å². The van der Waals surface area contributed by atoms with E-state index in [2.05, 4.69) is 20.0 Å². The van der Waals surface area contributed by atoms with Crippen molar-refractivity contribution in [1.29, 1.82) is 0 Å². The third-order valence-electron chi connectivity index (χ3n) is 2.50. The van der Waals surface area contributed by atoms with Gasteiger partial charge in [0.25, 0.3) is 5.91 Å². The lowest BCUT2D eigenvalue weighted by atomic mass is 10.2. The molecule has 1 N–H and O–H groups in total. The minimum Gasteiger partial charge on any atom is -0.347 e. The molecule has 0 fully saturated rings. The Morgan fingerprint density at radius 1 is 1.50 bits per heavy atom. The molecule has 2 aromatic rings. The van der Waals surface area contributed by atoms with Crippen LogP contribution in [0.5, 0.6) is 0 Å². The number of amides is 1. The molecule has 0 radical (unpaired) electrons. The SMILES string of the molecule is Cc1nnsc1CNC(=O)c1cn(C)nc1C(F)(F)F. The van der Waals surface area contributed by atoms with E-state index < -0.39 is 23.3 Å². The molecule has 0 saturated carbocycles. The van der Waals surface area contributed by atoms with Crippen LogP contribution < -0.4 is 5.32 Å². The molecule has 2 heterocycles. The fourth-order valence-electron chi connectivity index (χ4n) is 1.53. The molecular weight excluding hydrogens is 295 g/mol. The second-order valence-electron chi connectivity index (χ2n) is 4.03. The predicted octanol–water partition coefficient (Wildman–Crippen LogP) is 1.53. The fraction of sp³-hybridized carbons (Fsp3) is 0.400. The Morgan fingerprint density at radius 3 is 2.75 bits per heavy atom. The Labute approximate surface area is 115 Å². The first kappa shape index (κ1) is 14.4. The summed E-state index contributed by atoms with van der Waals surface area (Å²) in [5.74, 6) is -0.835. The molecular formula is C10H10F3N5OS. The quantitative estimate of drug-likeness (QED) is 0.933. The molecule has 0 unspecified atom stereocenters. The van der Waals surface area contributed by atoms with Crippen molar-refractivity contribution >= 4 is 17.4 Å². The van der Waals surface area contributed by atoms with Crippen molar-refractivity contribution in [3.63, 3.8) is 0 Å². The lowest BCUT2D eigenvalue weighted by Gasteiger charge is -2.06. The number of halogens is 3. The number of rotatable bonds is 3. The molecule has 0 aromatic carbocycles. The highest BCUT2D eigenvalue weighted by Crippen LogP contribution is 2.30. The van der Waals surface area contributed by atoms with Crippen LogP contribution in [0.15, 0.2) is 6.20 Å². The molecule has 10 heteroatoms. The van der Waals surface area contributed by atoms with E-state index >= 15 is 0 Å². The summed E-state index contributed by atoms with van der Waals surface area (Å²) in [7, 11) is 1.32. The zero-order valence-electron chi connectivity index (χ0n) is 10.5. The average molecular weight is 305 g/mol. The van der Waals surface area contributed by atoms with Crippen LogP contribution in [-0.2, 0) is 19.8 Å². The van der Waals surface area contributed by atoms with Crippen LogP contribution in [0, 0.1) is 6.92 Å². The molecule has 0 aliphatic carbocycles. The highest BCUT2D eigenvalue weighted by Gasteiger charge is 2.38. The third-order valence-corrected chi connectivity index (χ3v) is 3.32. The second-order valence-corrected chi connectivity index (χ2v) is 4.87. The van der Waals surface area contributed by atoms with Gasteiger partial charge in [-0.15, -0.1) is 5.10 Å². The largest absolute Gasteiger partial charge is 0.435 e. The molecule has 2 rings (SSSR count). The summed E-state index contributed by atoms with van der Waals surface area (Å²) in [5.41, 5.74) is -1.07. The lowest BCUT2D eigenvalue weighted by Crippen LogP contribution is -2.25. The number of hydrogen-bond donors (Lipinski definition) is 1. The maximum atomic E-state index is 12.7. The van der Waals surface area contributed by atoms with E-state index in [1.165, 1.54) is 7.05 Å². The van der Waals surface area contributed by atoms with Crippen molar-refractivity contribution in [2.75, 3.05) is 0 Å². The van der Waals surface area contributed by atoms with E-state index in [0.717, 1.165) is 22.4 Å². The van der Waals surface area contributed by atoms with Gasteiger partial charge in [0.15, 0.2) is 5.69 Å². The first-order valence-corrected chi connectivity index (χ1v) is 6.23. The zero-order chi connectivity index (χ0) is 14.9. The van der Waals surface area contributed by atoms with Crippen LogP contribution >= 0.6 is 11.5 Å². The minimum absolute atomic E-state index is 0.0779. The van der Waals surface area contributed by atoms with Crippen LogP contribution in [0.3, 0.4) is 0 Å². The number of aryl methyl sites for hydroxylation is 2. The maximum Gasteiger partial charge on any atom is 0.435 e. The molecule has 6 nitrogen and oxygen atoms in total. The van der Waals surface area contributed by atoms with Gasteiger partial charge in [0.2, 0.25) is 0 Å². The zero-order valence-corrected chi connectivity index (χ0v) is 11.3. The van der Waals surface area contributed by atoms with Gasteiger partial charge in [-0.1, -0.05) is 4.49 Å². The Bertz CT molecular complexity index is 633. The summed E-state index contributed by atoms with van der Waals surface area (Å²) in [6.07, 6.45) is -3.63. The molecule has 20 heavy (non-hydrogen) atoms. The van der Waals surface area contributed by atoms with Crippen molar-refractivity contribution in [1.82, 2.24) is 24.7 Å². The van der Waals surface area contributed by atoms with Crippen molar-refractivity contribution in [3.05, 3.63) is 28.0 Å². The predicted molar refractivity (Wildman–Crippen MR) is 64.0 cm³/mol. The normalized spacial score (nSPS) is 11.7. The highest BCUT2D eigenvalue weighted by atomic mass is 32.1. The second kappa shape index (κ2) is 5.19. The van der Waals surface area contributed by atoms with Gasteiger partial charge in [-0.25, -0.2) is 0 Å². The third kappa shape index (κ3) is 2.95. The molecule has 108 valence electrons. The number of carbonyl (C=O) groups is 1. The van der Waals surface area contributed by atoms with Gasteiger partial charge in [0.05, 0.1) is 22.7 Å². The Kier molecular flexibility index (Phi) is 3.75. The molecule has 0 saturated heterocycles. The van der Waals surface area contributed by atoms with E-state index in [4.69, 9.17) is 0 Å². The van der Waals surface area contributed by atoms with Gasteiger partial charge in [0, 0.05) is 13.2 Å². The molecule has 1 amide bonds. The summed E-state index contributed by atoms with van der Waals surface area (Å²) >= 11 is 1.08. The van der Waals surface area contributed by atoms with E-state index in [1.807, 2.05) is 0 Å². The number of carbonyl (C=O) groups excluding carboxylic acids is 1. The van der Waals surface area contributed by atoms with Gasteiger partial charge < -0.3 is 5.32 Å². The number of aromatic nitrogens is 4. The Balaban J connectivity index is 2.16. The molecule has 2 aromatic heterocycles. The minimum atomic E-state index is -4.67. The summed E-state index contributed by atoms with van der Waals surface area (Å²) in [6, 6.07) is 0. The van der Waals surface area contributed by atoms with E-state index in [9.17, 15) is 18.0 Å². The molecule has 0 atom stereocenters. The van der Waals surface area contributed by atoms with Gasteiger partial charge in [-0.2, -0.15) is 18.3 Å². The standard InChI is InChI=1S/C10H10F3N5OS/c1-5-7(20-17-15-5)3-14-9(19)6-4-18(2)16-8(6)10(11,12)13/h4H,3H2,1-2H3,(H,14,19). The van der Waals surface area contributed by atoms with Crippen LogP contribution in [0.4, 0.5) is 13.2 Å².